The van der Waals surface area contributed by atoms with Gasteiger partial charge in [0.15, 0.2) is 5.65 Å². The van der Waals surface area contributed by atoms with Gasteiger partial charge in [-0.3, -0.25) is 4.79 Å². The van der Waals surface area contributed by atoms with Crippen molar-refractivity contribution in [1.29, 1.82) is 0 Å². The Bertz CT molecular complexity index is 691. The number of pyridine rings is 1. The van der Waals surface area contributed by atoms with Crippen LogP contribution >= 0.6 is 0 Å². The van der Waals surface area contributed by atoms with Crippen LogP contribution in [0.2, 0.25) is 0 Å². The molecule has 7 heteroatoms. The predicted octanol–water partition coefficient (Wildman–Crippen LogP) is 1.79. The molecule has 2 aromatic heterocycles. The smallest absolute Gasteiger partial charge is 0.254 e. The fourth-order valence-electron chi connectivity index (χ4n) is 2.89. The Labute approximate surface area is 135 Å². The zero-order valence-corrected chi connectivity index (χ0v) is 13.6. The first-order valence-corrected chi connectivity index (χ1v) is 8.21. The molecular formula is C16H23N5O2. The van der Waals surface area contributed by atoms with Gasteiger partial charge in [-0.15, -0.1) is 0 Å². The third-order valence-electron chi connectivity index (χ3n) is 4.12. The summed E-state index contributed by atoms with van der Waals surface area (Å²) in [5.41, 5.74) is 2.20. The topological polar surface area (TPSA) is 81.1 Å². The van der Waals surface area contributed by atoms with Gasteiger partial charge in [-0.25, -0.2) is 9.67 Å². The number of aromatic nitrogens is 3. The van der Waals surface area contributed by atoms with Gasteiger partial charge in [-0.1, -0.05) is 0 Å². The van der Waals surface area contributed by atoms with E-state index in [0.717, 1.165) is 49.3 Å². The van der Waals surface area contributed by atoms with Crippen LogP contribution in [0.25, 0.3) is 11.0 Å². The van der Waals surface area contributed by atoms with Crippen LogP contribution < -0.4 is 10.6 Å². The molecule has 23 heavy (non-hydrogen) atoms. The Kier molecular flexibility index (Phi) is 4.76. The molecule has 2 N–H and O–H groups in total. The van der Waals surface area contributed by atoms with Gasteiger partial charge in [0.2, 0.25) is 0 Å². The molecule has 1 saturated heterocycles. The van der Waals surface area contributed by atoms with Crippen LogP contribution in [0.4, 0.5) is 5.69 Å². The second-order valence-electron chi connectivity index (χ2n) is 5.63. The van der Waals surface area contributed by atoms with Crippen molar-refractivity contribution in [2.75, 3.05) is 25.1 Å². The van der Waals surface area contributed by atoms with E-state index < -0.39 is 0 Å². The summed E-state index contributed by atoms with van der Waals surface area (Å²) in [6.45, 7) is 6.75. The number of anilines is 1. The fraction of sp³-hybridized carbons (Fsp3) is 0.562. The fourth-order valence-corrected chi connectivity index (χ4v) is 2.89. The van der Waals surface area contributed by atoms with E-state index in [9.17, 15) is 4.79 Å². The maximum absolute atomic E-state index is 12.4. The zero-order valence-electron chi connectivity index (χ0n) is 13.6. The minimum Gasteiger partial charge on any atom is -0.381 e. The Morgan fingerprint density at radius 2 is 2.13 bits per heavy atom. The zero-order chi connectivity index (χ0) is 16.2. The highest BCUT2D eigenvalue weighted by atomic mass is 16.5. The summed E-state index contributed by atoms with van der Waals surface area (Å²) in [6.07, 6.45) is 5.29. The first kappa shape index (κ1) is 15.7. The van der Waals surface area contributed by atoms with E-state index in [4.69, 9.17) is 4.74 Å². The van der Waals surface area contributed by atoms with Gasteiger partial charge < -0.3 is 15.4 Å². The van der Waals surface area contributed by atoms with Crippen LogP contribution in [0.3, 0.4) is 0 Å². The highest BCUT2D eigenvalue weighted by molar-refractivity contribution is 6.06. The van der Waals surface area contributed by atoms with Crippen LogP contribution in [0.15, 0.2) is 12.4 Å². The van der Waals surface area contributed by atoms with Crippen LogP contribution in [-0.4, -0.2) is 46.5 Å². The molecule has 1 fully saturated rings. The number of amides is 1. The Hall–Kier alpha value is -2.15. The van der Waals surface area contributed by atoms with Gasteiger partial charge >= 0.3 is 0 Å². The van der Waals surface area contributed by atoms with Crippen LogP contribution in [0, 0.1) is 0 Å². The number of ether oxygens (including phenoxy) is 1. The van der Waals surface area contributed by atoms with Crippen molar-refractivity contribution in [2.45, 2.75) is 39.3 Å². The standard InChI is InChI=1S/C16H23N5O2/c1-3-17-16(22)13-9-18-15-12(10-19-21(15)4-2)14(13)20-11-5-7-23-8-6-11/h9-11H,3-8H2,1-2H3,(H,17,22)(H,18,20). The third-order valence-corrected chi connectivity index (χ3v) is 4.12. The molecule has 7 nitrogen and oxygen atoms in total. The monoisotopic (exact) mass is 317 g/mol. The van der Waals surface area contributed by atoms with Gasteiger partial charge in [0.05, 0.1) is 22.8 Å². The molecule has 1 amide bonds. The molecule has 0 spiro atoms. The molecule has 0 aliphatic carbocycles. The van der Waals surface area contributed by atoms with Gasteiger partial charge in [0, 0.05) is 38.5 Å². The summed E-state index contributed by atoms with van der Waals surface area (Å²) in [5, 5.41) is 11.7. The Morgan fingerprint density at radius 1 is 1.35 bits per heavy atom. The summed E-state index contributed by atoms with van der Waals surface area (Å²) < 4.78 is 7.25. The Balaban J connectivity index is 2.02. The molecule has 124 valence electrons. The maximum Gasteiger partial charge on any atom is 0.254 e. The number of rotatable bonds is 5. The molecule has 0 unspecified atom stereocenters. The number of hydrogen-bond donors (Lipinski definition) is 2. The largest absolute Gasteiger partial charge is 0.381 e. The van der Waals surface area contributed by atoms with Crippen molar-refractivity contribution in [3.63, 3.8) is 0 Å². The van der Waals surface area contributed by atoms with Gasteiger partial charge in [-0.05, 0) is 26.7 Å². The van der Waals surface area contributed by atoms with Crippen LogP contribution in [0.1, 0.15) is 37.0 Å². The Morgan fingerprint density at radius 3 is 2.83 bits per heavy atom. The summed E-state index contributed by atoms with van der Waals surface area (Å²) in [6, 6.07) is 0.299. The quantitative estimate of drug-likeness (QED) is 0.879. The molecular weight excluding hydrogens is 294 g/mol. The number of fused-ring (bicyclic) bond motifs is 1. The molecule has 3 rings (SSSR count). The van der Waals surface area contributed by atoms with E-state index in [-0.39, 0.29) is 5.91 Å². The van der Waals surface area contributed by atoms with Gasteiger partial charge in [0.25, 0.3) is 5.91 Å². The molecule has 0 aromatic carbocycles. The van der Waals surface area contributed by atoms with E-state index in [2.05, 4.69) is 20.7 Å². The van der Waals surface area contributed by atoms with Crippen molar-refractivity contribution in [2.24, 2.45) is 0 Å². The summed E-state index contributed by atoms with van der Waals surface area (Å²) in [7, 11) is 0. The van der Waals surface area contributed by atoms with Gasteiger partial charge in [-0.2, -0.15) is 5.10 Å². The second-order valence-corrected chi connectivity index (χ2v) is 5.63. The minimum atomic E-state index is -0.110. The highest BCUT2D eigenvalue weighted by Crippen LogP contribution is 2.28. The lowest BCUT2D eigenvalue weighted by Crippen LogP contribution is -2.30. The molecule has 1 aliphatic rings. The molecule has 1 aliphatic heterocycles. The van der Waals surface area contributed by atoms with Crippen LogP contribution in [0.5, 0.6) is 0 Å². The van der Waals surface area contributed by atoms with Crippen molar-refractivity contribution < 1.29 is 9.53 Å². The molecule has 0 radical (unpaired) electrons. The van der Waals surface area contributed by atoms with Crippen molar-refractivity contribution in [3.8, 4) is 0 Å². The average molecular weight is 317 g/mol. The molecule has 0 saturated carbocycles. The van der Waals surface area contributed by atoms with Crippen molar-refractivity contribution in [1.82, 2.24) is 20.1 Å². The molecule has 0 atom stereocenters. The summed E-state index contributed by atoms with van der Waals surface area (Å²) in [5.74, 6) is -0.110. The third kappa shape index (κ3) is 3.14. The second kappa shape index (κ2) is 6.95. The van der Waals surface area contributed by atoms with Crippen molar-refractivity contribution in [3.05, 3.63) is 18.0 Å². The van der Waals surface area contributed by atoms with E-state index in [1.54, 1.807) is 12.4 Å². The predicted molar refractivity (Wildman–Crippen MR) is 88.7 cm³/mol. The maximum atomic E-state index is 12.4. The molecule has 2 aromatic rings. The highest BCUT2D eigenvalue weighted by Gasteiger charge is 2.21. The summed E-state index contributed by atoms with van der Waals surface area (Å²) >= 11 is 0. The summed E-state index contributed by atoms with van der Waals surface area (Å²) in [4.78, 5) is 16.8. The number of carbonyl (C=O) groups excluding carboxylic acids is 1. The van der Waals surface area contributed by atoms with E-state index in [1.165, 1.54) is 0 Å². The van der Waals surface area contributed by atoms with Crippen LogP contribution in [-0.2, 0) is 11.3 Å². The number of nitrogens with one attached hydrogen (secondary N) is 2. The normalized spacial score (nSPS) is 15.7. The number of hydrogen-bond acceptors (Lipinski definition) is 5. The lowest BCUT2D eigenvalue weighted by Gasteiger charge is -2.25. The minimum absolute atomic E-state index is 0.110. The number of carbonyl (C=O) groups is 1. The lowest BCUT2D eigenvalue weighted by molar-refractivity contribution is 0.0904. The first-order chi connectivity index (χ1) is 11.2. The number of nitrogens with zero attached hydrogens (tertiary/aromatic N) is 3. The average Bonchev–Trinajstić information content (AvgIpc) is 3.00. The van der Waals surface area contributed by atoms with E-state index >= 15 is 0 Å². The number of aryl methyl sites for hydroxylation is 1. The van der Waals surface area contributed by atoms with Crippen molar-refractivity contribution >= 4 is 22.6 Å². The molecule has 3 heterocycles. The van der Waals surface area contributed by atoms with E-state index in [1.807, 2.05) is 18.5 Å². The van der Waals surface area contributed by atoms with Gasteiger partial charge in [0.1, 0.15) is 0 Å². The first-order valence-electron chi connectivity index (χ1n) is 8.21. The van der Waals surface area contributed by atoms with E-state index in [0.29, 0.717) is 18.2 Å². The molecule has 0 bridgehead atoms. The lowest BCUT2D eigenvalue weighted by atomic mass is 10.1. The SMILES string of the molecule is CCNC(=O)c1cnc2c(cnn2CC)c1NC1CCOCC1.